The van der Waals surface area contributed by atoms with Crippen molar-refractivity contribution in [1.29, 1.82) is 0 Å². The van der Waals surface area contributed by atoms with Crippen molar-refractivity contribution in [3.05, 3.63) is 53.8 Å². The SMILES string of the molecule is COc1ccc(S(=O)(=O)NCc2ccc(F)cc2)cc1NC(C)=O. The molecule has 1 amide bonds. The third kappa shape index (κ3) is 4.53. The molecule has 24 heavy (non-hydrogen) atoms. The Morgan fingerprint density at radius 2 is 1.83 bits per heavy atom. The number of benzene rings is 2. The van der Waals surface area contributed by atoms with Crippen molar-refractivity contribution in [2.24, 2.45) is 0 Å². The summed E-state index contributed by atoms with van der Waals surface area (Å²) in [6, 6.07) is 9.64. The second kappa shape index (κ2) is 7.41. The van der Waals surface area contributed by atoms with E-state index in [1.54, 1.807) is 0 Å². The summed E-state index contributed by atoms with van der Waals surface area (Å²) in [5.41, 5.74) is 0.880. The number of hydrogen-bond donors (Lipinski definition) is 2. The van der Waals surface area contributed by atoms with Gasteiger partial charge in [0.25, 0.3) is 0 Å². The lowest BCUT2D eigenvalue weighted by molar-refractivity contribution is -0.114. The van der Waals surface area contributed by atoms with Crippen LogP contribution in [0.5, 0.6) is 5.75 Å². The highest BCUT2D eigenvalue weighted by Crippen LogP contribution is 2.27. The Morgan fingerprint density at radius 3 is 2.42 bits per heavy atom. The molecule has 0 heterocycles. The average molecular weight is 352 g/mol. The maximum absolute atomic E-state index is 12.9. The number of halogens is 1. The molecule has 0 aliphatic carbocycles. The van der Waals surface area contributed by atoms with Gasteiger partial charge >= 0.3 is 0 Å². The summed E-state index contributed by atoms with van der Waals surface area (Å²) in [6.45, 7) is 1.33. The first-order chi connectivity index (χ1) is 11.3. The first-order valence-corrected chi connectivity index (χ1v) is 8.50. The van der Waals surface area contributed by atoms with Crippen LogP contribution in [0.1, 0.15) is 12.5 Å². The molecule has 2 rings (SSSR count). The van der Waals surface area contributed by atoms with Crippen LogP contribution in [0.4, 0.5) is 10.1 Å². The molecular formula is C16H17FN2O4S. The number of sulfonamides is 1. The Bertz CT molecular complexity index is 836. The summed E-state index contributed by atoms with van der Waals surface area (Å²) in [6.07, 6.45) is 0. The summed E-state index contributed by atoms with van der Waals surface area (Å²) in [4.78, 5) is 11.2. The number of carbonyl (C=O) groups is 1. The fourth-order valence-electron chi connectivity index (χ4n) is 2.01. The van der Waals surface area contributed by atoms with E-state index in [1.807, 2.05) is 0 Å². The highest BCUT2D eigenvalue weighted by atomic mass is 32.2. The molecule has 0 aliphatic heterocycles. The predicted molar refractivity (Wildman–Crippen MR) is 87.7 cm³/mol. The fourth-order valence-corrected chi connectivity index (χ4v) is 3.05. The Kier molecular flexibility index (Phi) is 5.53. The van der Waals surface area contributed by atoms with E-state index in [2.05, 4.69) is 10.0 Å². The maximum atomic E-state index is 12.9. The van der Waals surface area contributed by atoms with E-state index in [4.69, 9.17) is 4.74 Å². The van der Waals surface area contributed by atoms with Crippen molar-refractivity contribution < 1.29 is 22.3 Å². The summed E-state index contributed by atoms with van der Waals surface area (Å²) in [7, 11) is -2.38. The number of ether oxygens (including phenoxy) is 1. The molecular weight excluding hydrogens is 335 g/mol. The minimum absolute atomic E-state index is 0.0180. The van der Waals surface area contributed by atoms with Gasteiger partial charge in [-0.2, -0.15) is 0 Å². The van der Waals surface area contributed by atoms with E-state index < -0.39 is 15.8 Å². The number of hydrogen-bond acceptors (Lipinski definition) is 4. The first kappa shape index (κ1) is 17.9. The van der Waals surface area contributed by atoms with Crippen molar-refractivity contribution in [2.75, 3.05) is 12.4 Å². The third-order valence-corrected chi connectivity index (χ3v) is 4.57. The molecule has 0 bridgehead atoms. The smallest absolute Gasteiger partial charge is 0.240 e. The Morgan fingerprint density at radius 1 is 1.17 bits per heavy atom. The monoisotopic (exact) mass is 352 g/mol. The van der Waals surface area contributed by atoms with Crippen molar-refractivity contribution >= 4 is 21.6 Å². The van der Waals surface area contributed by atoms with E-state index in [0.29, 0.717) is 11.3 Å². The summed E-state index contributed by atoms with van der Waals surface area (Å²) in [5, 5.41) is 2.52. The molecule has 0 radical (unpaired) electrons. The highest BCUT2D eigenvalue weighted by molar-refractivity contribution is 7.89. The third-order valence-electron chi connectivity index (χ3n) is 3.17. The Hall–Kier alpha value is -2.45. The molecule has 2 N–H and O–H groups in total. The molecule has 6 nitrogen and oxygen atoms in total. The lowest BCUT2D eigenvalue weighted by Gasteiger charge is -2.12. The molecule has 0 fully saturated rings. The minimum atomic E-state index is -3.80. The van der Waals surface area contributed by atoms with Crippen LogP contribution >= 0.6 is 0 Å². The number of amides is 1. The number of rotatable bonds is 6. The van der Waals surface area contributed by atoms with Crippen molar-refractivity contribution in [3.63, 3.8) is 0 Å². The number of nitrogens with one attached hydrogen (secondary N) is 2. The molecule has 0 spiro atoms. The molecule has 0 atom stereocenters. The van der Waals surface area contributed by atoms with E-state index in [9.17, 15) is 17.6 Å². The van der Waals surface area contributed by atoms with Gasteiger partial charge in [0.2, 0.25) is 15.9 Å². The molecule has 8 heteroatoms. The lowest BCUT2D eigenvalue weighted by Crippen LogP contribution is -2.23. The van der Waals surface area contributed by atoms with Gasteiger partial charge in [0.1, 0.15) is 11.6 Å². The van der Waals surface area contributed by atoms with Crippen LogP contribution in [0.15, 0.2) is 47.4 Å². The molecule has 0 aromatic heterocycles. The second-order valence-corrected chi connectivity index (χ2v) is 6.76. The highest BCUT2D eigenvalue weighted by Gasteiger charge is 2.17. The van der Waals surface area contributed by atoms with Gasteiger partial charge in [0, 0.05) is 13.5 Å². The molecule has 0 aliphatic rings. The van der Waals surface area contributed by atoms with E-state index in [0.717, 1.165) is 0 Å². The average Bonchev–Trinajstić information content (AvgIpc) is 2.54. The van der Waals surface area contributed by atoms with Crippen LogP contribution in [0.25, 0.3) is 0 Å². The molecule has 2 aromatic carbocycles. The topological polar surface area (TPSA) is 84.5 Å². The maximum Gasteiger partial charge on any atom is 0.240 e. The number of methoxy groups -OCH3 is 1. The largest absolute Gasteiger partial charge is 0.495 e. The van der Waals surface area contributed by atoms with Crippen LogP contribution in [0.2, 0.25) is 0 Å². The lowest BCUT2D eigenvalue weighted by atomic mass is 10.2. The predicted octanol–water partition coefficient (Wildman–Crippen LogP) is 2.27. The normalized spacial score (nSPS) is 11.1. The van der Waals surface area contributed by atoms with Crippen molar-refractivity contribution in [3.8, 4) is 5.75 Å². The van der Waals surface area contributed by atoms with Crippen LogP contribution in [-0.4, -0.2) is 21.4 Å². The minimum Gasteiger partial charge on any atom is -0.495 e. The zero-order valence-electron chi connectivity index (χ0n) is 13.2. The summed E-state index contributed by atoms with van der Waals surface area (Å²) in [5.74, 6) is -0.387. The molecule has 2 aromatic rings. The van der Waals surface area contributed by atoms with Crippen molar-refractivity contribution in [2.45, 2.75) is 18.4 Å². The molecule has 0 saturated carbocycles. The van der Waals surface area contributed by atoms with Gasteiger partial charge in [-0.15, -0.1) is 0 Å². The quantitative estimate of drug-likeness (QED) is 0.835. The van der Waals surface area contributed by atoms with Crippen LogP contribution in [-0.2, 0) is 21.4 Å². The Balaban J connectivity index is 2.21. The zero-order valence-corrected chi connectivity index (χ0v) is 14.0. The second-order valence-electron chi connectivity index (χ2n) is 4.99. The van der Waals surface area contributed by atoms with E-state index >= 15 is 0 Å². The molecule has 128 valence electrons. The van der Waals surface area contributed by atoms with Gasteiger partial charge in [0.05, 0.1) is 17.7 Å². The molecule has 0 unspecified atom stereocenters. The van der Waals surface area contributed by atoms with Crippen molar-refractivity contribution in [1.82, 2.24) is 4.72 Å². The molecule has 0 saturated heterocycles. The zero-order chi connectivity index (χ0) is 17.7. The van der Waals surface area contributed by atoms with Gasteiger partial charge in [-0.05, 0) is 35.9 Å². The van der Waals surface area contributed by atoms with Gasteiger partial charge in [-0.1, -0.05) is 12.1 Å². The first-order valence-electron chi connectivity index (χ1n) is 7.01. The standard InChI is InChI=1S/C16H17FN2O4S/c1-11(20)19-15-9-14(7-8-16(15)23-2)24(21,22)18-10-12-3-5-13(17)6-4-12/h3-9,18H,10H2,1-2H3,(H,19,20). The number of carbonyl (C=O) groups excluding carboxylic acids is 1. The number of anilines is 1. The van der Waals surface area contributed by atoms with Gasteiger partial charge in [-0.25, -0.2) is 17.5 Å². The van der Waals surface area contributed by atoms with Gasteiger partial charge in [-0.3, -0.25) is 4.79 Å². The van der Waals surface area contributed by atoms with E-state index in [1.165, 1.54) is 56.5 Å². The Labute approximate surface area is 139 Å². The van der Waals surface area contributed by atoms with Crippen LogP contribution in [0.3, 0.4) is 0 Å². The summed E-state index contributed by atoms with van der Waals surface area (Å²) >= 11 is 0. The van der Waals surface area contributed by atoms with E-state index in [-0.39, 0.29) is 23.0 Å². The van der Waals surface area contributed by atoms with Crippen LogP contribution in [0, 0.1) is 5.82 Å². The fraction of sp³-hybridized carbons (Fsp3) is 0.188. The van der Waals surface area contributed by atoms with Gasteiger partial charge in [0.15, 0.2) is 0 Å². The summed E-state index contributed by atoms with van der Waals surface area (Å²) < 4.78 is 45.1. The van der Waals surface area contributed by atoms with Gasteiger partial charge < -0.3 is 10.1 Å². The van der Waals surface area contributed by atoms with Crippen LogP contribution < -0.4 is 14.8 Å².